The molecule has 98 valence electrons. The van der Waals surface area contributed by atoms with Crippen molar-refractivity contribution in [3.05, 3.63) is 47.5 Å². The van der Waals surface area contributed by atoms with Crippen LogP contribution in [0.2, 0.25) is 0 Å². The third kappa shape index (κ3) is 1.64. The maximum atomic E-state index is 10.8. The number of aliphatic hydroxyl groups is 1. The smallest absolute Gasteiger partial charge is 0.0867 e. The minimum Gasteiger partial charge on any atom is -0.388 e. The lowest BCUT2D eigenvalue weighted by Gasteiger charge is -2.30. The normalized spacial score (nSPS) is 27.0. The Kier molecular flexibility index (Phi) is 2.63. The number of benzene rings is 2. The molecule has 1 saturated carbocycles. The Hall–Kier alpha value is -1.34. The van der Waals surface area contributed by atoms with E-state index in [0.29, 0.717) is 11.8 Å². The van der Waals surface area contributed by atoms with E-state index in [9.17, 15) is 5.11 Å². The average molecular weight is 252 g/mol. The first-order valence-electron chi connectivity index (χ1n) is 7.56. The molecule has 1 heteroatoms. The van der Waals surface area contributed by atoms with Crippen molar-refractivity contribution in [2.75, 3.05) is 0 Å². The predicted octanol–water partition coefficient (Wildman–Crippen LogP) is 4.55. The van der Waals surface area contributed by atoms with Gasteiger partial charge in [0.15, 0.2) is 0 Å². The maximum absolute atomic E-state index is 10.8. The third-order valence-corrected chi connectivity index (χ3v) is 5.14. The lowest BCUT2D eigenvalue weighted by Crippen LogP contribution is -2.19. The quantitative estimate of drug-likeness (QED) is 0.789. The van der Waals surface area contributed by atoms with Crippen molar-refractivity contribution in [3.63, 3.8) is 0 Å². The van der Waals surface area contributed by atoms with Crippen LogP contribution in [0, 0.1) is 5.92 Å². The minimum atomic E-state index is -0.288. The molecule has 4 rings (SSSR count). The van der Waals surface area contributed by atoms with E-state index in [2.05, 4.69) is 36.4 Å². The zero-order chi connectivity index (χ0) is 12.8. The van der Waals surface area contributed by atoms with Gasteiger partial charge in [-0.25, -0.2) is 0 Å². The first kappa shape index (κ1) is 11.5. The number of rotatable bonds is 1. The van der Waals surface area contributed by atoms with E-state index in [-0.39, 0.29) is 6.10 Å². The van der Waals surface area contributed by atoms with Gasteiger partial charge in [0, 0.05) is 5.92 Å². The molecule has 1 nitrogen and oxygen atoms in total. The van der Waals surface area contributed by atoms with Crippen LogP contribution in [0.15, 0.2) is 36.4 Å². The molecule has 19 heavy (non-hydrogen) atoms. The number of hydrogen-bond acceptors (Lipinski definition) is 1. The van der Waals surface area contributed by atoms with Crippen LogP contribution in [0.5, 0.6) is 0 Å². The summed E-state index contributed by atoms with van der Waals surface area (Å²) in [7, 11) is 0. The summed E-state index contributed by atoms with van der Waals surface area (Å²) in [5.41, 5.74) is 2.55. The Labute approximate surface area is 114 Å². The van der Waals surface area contributed by atoms with Crippen molar-refractivity contribution in [1.29, 1.82) is 0 Å². The Morgan fingerprint density at radius 3 is 2.26 bits per heavy atom. The first-order chi connectivity index (χ1) is 9.36. The van der Waals surface area contributed by atoms with Crippen molar-refractivity contribution < 1.29 is 5.11 Å². The van der Waals surface area contributed by atoms with E-state index in [1.54, 1.807) is 0 Å². The Morgan fingerprint density at radius 1 is 0.842 bits per heavy atom. The summed E-state index contributed by atoms with van der Waals surface area (Å²) in [6, 6.07) is 12.9. The number of hydrogen-bond donors (Lipinski definition) is 1. The van der Waals surface area contributed by atoms with Gasteiger partial charge in [-0.3, -0.25) is 0 Å². The largest absolute Gasteiger partial charge is 0.388 e. The van der Waals surface area contributed by atoms with Crippen LogP contribution in [-0.2, 0) is 0 Å². The highest BCUT2D eigenvalue weighted by Crippen LogP contribution is 2.51. The summed E-state index contributed by atoms with van der Waals surface area (Å²) in [6.07, 6.45) is 6.32. The van der Waals surface area contributed by atoms with Gasteiger partial charge in [0.1, 0.15) is 0 Å². The van der Waals surface area contributed by atoms with Gasteiger partial charge < -0.3 is 5.11 Å². The summed E-state index contributed by atoms with van der Waals surface area (Å²) in [5, 5.41) is 13.4. The zero-order valence-corrected chi connectivity index (χ0v) is 11.2. The summed E-state index contributed by atoms with van der Waals surface area (Å²) >= 11 is 0. The molecule has 1 N–H and O–H groups in total. The Balaban J connectivity index is 1.86. The van der Waals surface area contributed by atoms with Crippen molar-refractivity contribution >= 4 is 10.8 Å². The molecule has 0 amide bonds. The molecule has 0 saturated heterocycles. The molecule has 2 aromatic carbocycles. The molecule has 2 aromatic rings. The van der Waals surface area contributed by atoms with Crippen molar-refractivity contribution in [2.45, 2.75) is 44.1 Å². The summed E-state index contributed by atoms with van der Waals surface area (Å²) in [6.45, 7) is 0. The minimum absolute atomic E-state index is 0.288. The Morgan fingerprint density at radius 2 is 1.53 bits per heavy atom. The summed E-state index contributed by atoms with van der Waals surface area (Å²) < 4.78 is 0. The standard InChI is InChI=1S/C18H20O/c19-18-15-11-5-9-12-8-4-10-14(16(12)15)17(18)13-6-2-1-3-7-13/h4-5,8-11,13,17-19H,1-3,6-7H2/t17-,18-/m0/s1. The third-order valence-electron chi connectivity index (χ3n) is 5.14. The van der Waals surface area contributed by atoms with Gasteiger partial charge in [-0.1, -0.05) is 55.7 Å². The Bertz CT molecular complexity index is 605. The zero-order valence-electron chi connectivity index (χ0n) is 11.2. The summed E-state index contributed by atoms with van der Waals surface area (Å²) in [4.78, 5) is 0. The van der Waals surface area contributed by atoms with E-state index in [1.807, 2.05) is 0 Å². The molecule has 0 heterocycles. The topological polar surface area (TPSA) is 20.2 Å². The van der Waals surface area contributed by atoms with E-state index in [0.717, 1.165) is 5.56 Å². The van der Waals surface area contributed by atoms with Crippen LogP contribution in [-0.4, -0.2) is 5.11 Å². The second-order valence-corrected chi connectivity index (χ2v) is 6.16. The molecule has 0 spiro atoms. The van der Waals surface area contributed by atoms with Gasteiger partial charge in [0.25, 0.3) is 0 Å². The maximum Gasteiger partial charge on any atom is 0.0867 e. The van der Waals surface area contributed by atoms with Gasteiger partial charge in [-0.2, -0.15) is 0 Å². The SMILES string of the molecule is O[C@H]1c2cccc3cccc(c23)[C@@H]1C1CCCCC1. The highest BCUT2D eigenvalue weighted by molar-refractivity contribution is 5.92. The lowest BCUT2D eigenvalue weighted by atomic mass is 9.76. The van der Waals surface area contributed by atoms with Crippen molar-refractivity contribution in [2.24, 2.45) is 5.92 Å². The second kappa shape index (κ2) is 4.35. The van der Waals surface area contributed by atoms with E-state index in [4.69, 9.17) is 0 Å². The van der Waals surface area contributed by atoms with Gasteiger partial charge >= 0.3 is 0 Å². The number of aliphatic hydroxyl groups excluding tert-OH is 1. The van der Waals surface area contributed by atoms with Crippen LogP contribution in [0.3, 0.4) is 0 Å². The second-order valence-electron chi connectivity index (χ2n) is 6.16. The fourth-order valence-electron chi connectivity index (χ4n) is 4.29. The first-order valence-corrected chi connectivity index (χ1v) is 7.56. The predicted molar refractivity (Wildman–Crippen MR) is 78.2 cm³/mol. The molecule has 0 bridgehead atoms. The van der Waals surface area contributed by atoms with Crippen LogP contribution in [0.4, 0.5) is 0 Å². The molecule has 2 atom stereocenters. The van der Waals surface area contributed by atoms with Gasteiger partial charge in [0.2, 0.25) is 0 Å². The molecule has 1 fully saturated rings. The van der Waals surface area contributed by atoms with Crippen LogP contribution >= 0.6 is 0 Å². The molecule has 2 aliphatic rings. The van der Waals surface area contributed by atoms with Crippen molar-refractivity contribution in [3.8, 4) is 0 Å². The van der Waals surface area contributed by atoms with Crippen LogP contribution in [0.25, 0.3) is 10.8 Å². The highest BCUT2D eigenvalue weighted by Gasteiger charge is 2.38. The van der Waals surface area contributed by atoms with Crippen molar-refractivity contribution in [1.82, 2.24) is 0 Å². The molecular formula is C18H20O. The van der Waals surface area contributed by atoms with Gasteiger partial charge in [-0.05, 0) is 40.7 Å². The fraction of sp³-hybridized carbons (Fsp3) is 0.444. The molecule has 0 aliphatic heterocycles. The molecule has 0 aromatic heterocycles. The molecule has 2 aliphatic carbocycles. The highest BCUT2D eigenvalue weighted by atomic mass is 16.3. The fourth-order valence-corrected chi connectivity index (χ4v) is 4.29. The molecule has 0 radical (unpaired) electrons. The van der Waals surface area contributed by atoms with Gasteiger partial charge in [0.05, 0.1) is 6.10 Å². The summed E-state index contributed by atoms with van der Waals surface area (Å²) in [5.74, 6) is 1.00. The van der Waals surface area contributed by atoms with Crippen LogP contribution in [0.1, 0.15) is 55.3 Å². The monoisotopic (exact) mass is 252 g/mol. The van der Waals surface area contributed by atoms with E-state index >= 15 is 0 Å². The molecule has 0 unspecified atom stereocenters. The van der Waals surface area contributed by atoms with E-state index in [1.165, 1.54) is 48.4 Å². The lowest BCUT2D eigenvalue weighted by molar-refractivity contribution is 0.109. The van der Waals surface area contributed by atoms with Gasteiger partial charge in [-0.15, -0.1) is 0 Å². The molecular weight excluding hydrogens is 232 g/mol. The average Bonchev–Trinajstić information content (AvgIpc) is 2.76. The van der Waals surface area contributed by atoms with E-state index < -0.39 is 0 Å². The van der Waals surface area contributed by atoms with Crippen LogP contribution < -0.4 is 0 Å².